The molecule has 0 aliphatic carbocycles. The molecule has 22 heavy (non-hydrogen) atoms. The highest BCUT2D eigenvalue weighted by Crippen LogP contribution is 2.52. The minimum Gasteiger partial charge on any atom is -0.302 e. The third-order valence-electron chi connectivity index (χ3n) is 4.61. The molecule has 3 rings (SSSR count). The molecule has 0 bridgehead atoms. The summed E-state index contributed by atoms with van der Waals surface area (Å²) in [4.78, 5) is 14.7. The van der Waals surface area contributed by atoms with Crippen LogP contribution < -0.4 is 4.90 Å². The van der Waals surface area contributed by atoms with Gasteiger partial charge in [-0.25, -0.2) is 0 Å². The van der Waals surface area contributed by atoms with Gasteiger partial charge in [0, 0.05) is 11.1 Å². The summed E-state index contributed by atoms with van der Waals surface area (Å²) in [6.07, 6.45) is 0.857. The van der Waals surface area contributed by atoms with Crippen LogP contribution in [0.3, 0.4) is 0 Å². The topological polar surface area (TPSA) is 67.9 Å². The average Bonchev–Trinajstić information content (AvgIpc) is 2.72. The summed E-state index contributed by atoms with van der Waals surface area (Å²) < 4.78 is 0. The zero-order valence-corrected chi connectivity index (χ0v) is 13.2. The molecule has 2 heterocycles. The van der Waals surface area contributed by atoms with Crippen molar-refractivity contribution in [1.82, 2.24) is 0 Å². The fourth-order valence-electron chi connectivity index (χ4n) is 3.86. The van der Waals surface area contributed by atoms with Crippen LogP contribution in [0.25, 0.3) is 5.57 Å². The molecule has 0 unspecified atom stereocenters. The van der Waals surface area contributed by atoms with E-state index in [2.05, 4.69) is 13.0 Å². The van der Waals surface area contributed by atoms with Gasteiger partial charge >= 0.3 is 0 Å². The Labute approximate surface area is 130 Å². The molecule has 0 aromatic heterocycles. The summed E-state index contributed by atoms with van der Waals surface area (Å²) in [7, 11) is 0. The number of hydrogen-bond acceptors (Lipinski definition) is 3. The molecule has 0 spiro atoms. The van der Waals surface area contributed by atoms with Crippen molar-refractivity contribution in [1.29, 1.82) is 10.5 Å². The van der Waals surface area contributed by atoms with Gasteiger partial charge < -0.3 is 4.90 Å². The maximum atomic E-state index is 12.9. The molecule has 2 aliphatic heterocycles. The highest BCUT2D eigenvalue weighted by molar-refractivity contribution is 6.35. The molecule has 4 nitrogen and oxygen atoms in total. The van der Waals surface area contributed by atoms with E-state index in [9.17, 15) is 15.3 Å². The maximum Gasteiger partial charge on any atom is 0.261 e. The van der Waals surface area contributed by atoms with Crippen molar-refractivity contribution < 1.29 is 4.79 Å². The first-order valence-electron chi connectivity index (χ1n) is 7.35. The molecule has 2 aliphatic rings. The monoisotopic (exact) mass is 291 g/mol. The second-order valence-electron chi connectivity index (χ2n) is 6.78. The quantitative estimate of drug-likeness (QED) is 0.543. The van der Waals surface area contributed by atoms with E-state index in [-0.39, 0.29) is 22.6 Å². The normalized spacial score (nSPS) is 21.2. The SMILES string of the molecule is Cc1cc2c3c(c1)[C@H](C)CC(C)(C)N3C(=O)C2=C(C#N)C#N. The lowest BCUT2D eigenvalue weighted by Gasteiger charge is -2.43. The Morgan fingerprint density at radius 2 is 1.95 bits per heavy atom. The van der Waals surface area contributed by atoms with Gasteiger partial charge in [-0.15, -0.1) is 0 Å². The first-order chi connectivity index (χ1) is 10.3. The van der Waals surface area contributed by atoms with Crippen molar-refractivity contribution in [3.8, 4) is 12.1 Å². The van der Waals surface area contributed by atoms with Crippen molar-refractivity contribution in [3.63, 3.8) is 0 Å². The summed E-state index contributed by atoms with van der Waals surface area (Å²) >= 11 is 0. The van der Waals surface area contributed by atoms with Crippen molar-refractivity contribution >= 4 is 17.2 Å². The third kappa shape index (κ3) is 1.71. The van der Waals surface area contributed by atoms with Crippen LogP contribution in [-0.4, -0.2) is 11.4 Å². The van der Waals surface area contributed by atoms with Gasteiger partial charge in [-0.3, -0.25) is 4.79 Å². The Morgan fingerprint density at radius 1 is 1.32 bits per heavy atom. The average molecular weight is 291 g/mol. The van der Waals surface area contributed by atoms with Gasteiger partial charge in [0.1, 0.15) is 17.7 Å². The Hall–Kier alpha value is -2.59. The molecule has 0 radical (unpaired) electrons. The number of carbonyl (C=O) groups is 1. The Bertz CT molecular complexity index is 802. The van der Waals surface area contributed by atoms with Crippen molar-refractivity contribution in [2.45, 2.75) is 45.6 Å². The number of rotatable bonds is 0. The first kappa shape index (κ1) is 14.4. The van der Waals surface area contributed by atoms with E-state index in [0.717, 1.165) is 28.8 Å². The summed E-state index contributed by atoms with van der Waals surface area (Å²) in [5, 5.41) is 18.4. The fraction of sp³-hybridized carbons (Fsp3) is 0.389. The second kappa shape index (κ2) is 4.45. The van der Waals surface area contributed by atoms with Gasteiger partial charge in [-0.2, -0.15) is 10.5 Å². The second-order valence-corrected chi connectivity index (χ2v) is 6.78. The number of carbonyl (C=O) groups excluding carboxylic acids is 1. The van der Waals surface area contributed by atoms with Gasteiger partial charge in [0.25, 0.3) is 5.91 Å². The van der Waals surface area contributed by atoms with Crippen molar-refractivity contribution in [2.24, 2.45) is 0 Å². The lowest BCUT2D eigenvalue weighted by Crippen LogP contribution is -2.49. The van der Waals surface area contributed by atoms with E-state index < -0.39 is 0 Å². The molecule has 1 aromatic carbocycles. The van der Waals surface area contributed by atoms with Gasteiger partial charge in [-0.05, 0) is 44.7 Å². The van der Waals surface area contributed by atoms with E-state index in [1.54, 1.807) is 4.90 Å². The Kier molecular flexibility index (Phi) is 2.90. The maximum absolute atomic E-state index is 12.9. The number of hydrogen-bond donors (Lipinski definition) is 0. The minimum absolute atomic E-state index is 0.101. The number of nitriles is 2. The molecule has 1 aromatic rings. The van der Waals surface area contributed by atoms with Gasteiger partial charge in [0.05, 0.1) is 11.3 Å². The smallest absolute Gasteiger partial charge is 0.261 e. The molecule has 110 valence electrons. The van der Waals surface area contributed by atoms with Gasteiger partial charge in [-0.1, -0.05) is 18.6 Å². The van der Waals surface area contributed by atoms with E-state index >= 15 is 0 Å². The predicted molar refractivity (Wildman–Crippen MR) is 83.9 cm³/mol. The van der Waals surface area contributed by atoms with Crippen LogP contribution in [-0.2, 0) is 4.79 Å². The lowest BCUT2D eigenvalue weighted by molar-refractivity contribution is -0.114. The number of nitrogens with zero attached hydrogens (tertiary/aromatic N) is 3. The van der Waals surface area contributed by atoms with E-state index in [0.29, 0.717) is 5.92 Å². The largest absolute Gasteiger partial charge is 0.302 e. The van der Waals surface area contributed by atoms with E-state index in [1.165, 1.54) is 0 Å². The standard InChI is InChI=1S/C18H17N3O/c1-10-5-13-11(2)7-18(3,4)21-16(13)14(6-10)15(17(21)22)12(8-19)9-20/h5-6,11H,7H2,1-4H3/t11-/m1/s1. The number of aryl methyl sites for hydroxylation is 1. The predicted octanol–water partition coefficient (Wildman–Crippen LogP) is 3.43. The van der Waals surface area contributed by atoms with E-state index in [1.807, 2.05) is 39.0 Å². The Balaban J connectivity index is 2.44. The van der Waals surface area contributed by atoms with Crippen LogP contribution in [0.4, 0.5) is 5.69 Å². The molecule has 0 saturated carbocycles. The molecular weight excluding hydrogens is 274 g/mol. The zero-order valence-electron chi connectivity index (χ0n) is 13.2. The first-order valence-corrected chi connectivity index (χ1v) is 7.35. The molecule has 0 N–H and O–H groups in total. The molecular formula is C18H17N3O. The number of allylic oxidation sites excluding steroid dienone is 1. The van der Waals surface area contributed by atoms with Gasteiger partial charge in [0.2, 0.25) is 0 Å². The number of anilines is 1. The summed E-state index contributed by atoms with van der Waals surface area (Å²) in [6.45, 7) is 8.22. The molecule has 4 heteroatoms. The summed E-state index contributed by atoms with van der Waals surface area (Å²) in [5.41, 5.74) is 3.62. The summed E-state index contributed by atoms with van der Waals surface area (Å²) in [6, 6.07) is 7.78. The lowest BCUT2D eigenvalue weighted by atomic mass is 9.80. The molecule has 0 fully saturated rings. The van der Waals surface area contributed by atoms with Crippen LogP contribution in [0, 0.1) is 29.6 Å². The Morgan fingerprint density at radius 3 is 2.55 bits per heavy atom. The zero-order chi connectivity index (χ0) is 16.2. The highest BCUT2D eigenvalue weighted by atomic mass is 16.2. The minimum atomic E-state index is -0.328. The number of benzene rings is 1. The van der Waals surface area contributed by atoms with Crippen molar-refractivity contribution in [3.05, 3.63) is 34.4 Å². The number of amides is 1. The van der Waals surface area contributed by atoms with Crippen molar-refractivity contribution in [2.75, 3.05) is 4.90 Å². The molecule has 0 saturated heterocycles. The third-order valence-corrected chi connectivity index (χ3v) is 4.61. The fourth-order valence-corrected chi connectivity index (χ4v) is 3.86. The van der Waals surface area contributed by atoms with Crippen LogP contribution >= 0.6 is 0 Å². The van der Waals surface area contributed by atoms with Gasteiger partial charge in [0.15, 0.2) is 0 Å². The van der Waals surface area contributed by atoms with Crippen LogP contribution in [0.1, 0.15) is 49.8 Å². The van der Waals surface area contributed by atoms with E-state index in [4.69, 9.17) is 0 Å². The van der Waals surface area contributed by atoms with Crippen LogP contribution in [0.2, 0.25) is 0 Å². The highest BCUT2D eigenvalue weighted by Gasteiger charge is 2.48. The van der Waals surface area contributed by atoms with Crippen LogP contribution in [0.15, 0.2) is 17.7 Å². The molecule has 1 atom stereocenters. The van der Waals surface area contributed by atoms with Crippen LogP contribution in [0.5, 0.6) is 0 Å². The summed E-state index contributed by atoms with van der Waals surface area (Å²) in [5.74, 6) is 0.108. The molecule has 1 amide bonds.